The van der Waals surface area contributed by atoms with Gasteiger partial charge in [0.2, 0.25) is 0 Å². The fourth-order valence-electron chi connectivity index (χ4n) is 3.02. The quantitative estimate of drug-likeness (QED) is 0.590. The van der Waals surface area contributed by atoms with Gasteiger partial charge in [-0.3, -0.25) is 4.79 Å². The number of hydrogen-bond acceptors (Lipinski definition) is 4. The molecule has 1 aromatic heterocycles. The van der Waals surface area contributed by atoms with Gasteiger partial charge in [-0.1, -0.05) is 59.8 Å². The summed E-state index contributed by atoms with van der Waals surface area (Å²) in [5.74, 6) is 1.52. The molecule has 2 aromatic carbocycles. The number of aryl methyl sites for hydroxylation is 2. The average Bonchev–Trinajstić information content (AvgIpc) is 3.11. The molecular weight excluding hydrogens is 368 g/mol. The van der Waals surface area contributed by atoms with Crippen LogP contribution in [0.1, 0.15) is 52.8 Å². The number of carbonyl (C=O) groups excluding carboxylic acids is 1. The molecule has 1 atom stereocenters. The molecule has 28 heavy (non-hydrogen) atoms. The predicted octanol–water partition coefficient (Wildman–Crippen LogP) is 4.70. The van der Waals surface area contributed by atoms with E-state index in [4.69, 9.17) is 0 Å². The van der Waals surface area contributed by atoms with Gasteiger partial charge in [0, 0.05) is 17.9 Å². The first-order valence-electron chi connectivity index (χ1n) is 9.47. The topological polar surface area (TPSA) is 59.8 Å². The summed E-state index contributed by atoms with van der Waals surface area (Å²) in [6, 6.07) is 15.9. The number of thioether (sulfide) groups is 1. The van der Waals surface area contributed by atoms with E-state index in [0.717, 1.165) is 28.8 Å². The predicted molar refractivity (Wildman–Crippen MR) is 113 cm³/mol. The van der Waals surface area contributed by atoms with Crippen LogP contribution in [0, 0.1) is 13.8 Å². The van der Waals surface area contributed by atoms with Gasteiger partial charge < -0.3 is 9.88 Å². The van der Waals surface area contributed by atoms with E-state index in [-0.39, 0.29) is 11.9 Å². The van der Waals surface area contributed by atoms with Gasteiger partial charge in [-0.2, -0.15) is 0 Å². The minimum Gasteiger partial charge on any atom is -0.342 e. The Kier molecular flexibility index (Phi) is 6.52. The first-order valence-corrected chi connectivity index (χ1v) is 10.5. The van der Waals surface area contributed by atoms with E-state index in [1.807, 2.05) is 38.1 Å². The molecule has 1 unspecified atom stereocenters. The van der Waals surface area contributed by atoms with Crippen molar-refractivity contribution < 1.29 is 4.79 Å². The molecule has 5 nitrogen and oxygen atoms in total. The van der Waals surface area contributed by atoms with Crippen LogP contribution in [-0.4, -0.2) is 20.7 Å². The van der Waals surface area contributed by atoms with Crippen LogP contribution in [-0.2, 0) is 12.3 Å². The molecule has 1 N–H and O–H groups in total. The van der Waals surface area contributed by atoms with Crippen molar-refractivity contribution in [3.05, 3.63) is 76.6 Å². The Hall–Kier alpha value is -2.60. The zero-order valence-corrected chi connectivity index (χ0v) is 17.6. The summed E-state index contributed by atoms with van der Waals surface area (Å²) in [6.45, 7) is 8.79. The summed E-state index contributed by atoms with van der Waals surface area (Å²) >= 11 is 1.66. The highest BCUT2D eigenvalue weighted by molar-refractivity contribution is 7.98. The molecule has 0 aliphatic carbocycles. The lowest BCUT2D eigenvalue weighted by molar-refractivity contribution is 0.0937. The van der Waals surface area contributed by atoms with Crippen molar-refractivity contribution in [2.24, 2.45) is 0 Å². The highest BCUT2D eigenvalue weighted by Gasteiger charge is 2.20. The Morgan fingerprint density at radius 1 is 1.11 bits per heavy atom. The molecule has 0 bridgehead atoms. The number of aromatic nitrogens is 3. The van der Waals surface area contributed by atoms with Crippen molar-refractivity contribution >= 4 is 17.7 Å². The van der Waals surface area contributed by atoms with E-state index in [9.17, 15) is 4.79 Å². The third kappa shape index (κ3) is 4.62. The minimum absolute atomic E-state index is 0.0925. The van der Waals surface area contributed by atoms with E-state index in [1.165, 1.54) is 11.1 Å². The Labute approximate surface area is 170 Å². The highest BCUT2D eigenvalue weighted by Crippen LogP contribution is 2.24. The third-order valence-electron chi connectivity index (χ3n) is 4.67. The summed E-state index contributed by atoms with van der Waals surface area (Å²) in [5.41, 5.74) is 4.15. The van der Waals surface area contributed by atoms with Gasteiger partial charge in [-0.25, -0.2) is 0 Å². The van der Waals surface area contributed by atoms with Crippen LogP contribution in [0.4, 0.5) is 0 Å². The number of nitrogens with zero attached hydrogens (tertiary/aromatic N) is 3. The Morgan fingerprint density at radius 3 is 2.50 bits per heavy atom. The lowest BCUT2D eigenvalue weighted by atomic mass is 10.1. The fraction of sp³-hybridized carbons (Fsp3) is 0.318. The standard InChI is InChI=1S/C22H26N4OS/c1-5-26-20(17(4)23-21(27)19-9-7-6-8-16(19)3)24-25-22(26)28-14-18-12-10-15(2)11-13-18/h6-13,17H,5,14H2,1-4H3,(H,23,27). The van der Waals surface area contributed by atoms with Crippen LogP contribution >= 0.6 is 11.8 Å². The van der Waals surface area contributed by atoms with Gasteiger partial charge in [0.15, 0.2) is 11.0 Å². The number of nitrogens with one attached hydrogen (secondary N) is 1. The summed E-state index contributed by atoms with van der Waals surface area (Å²) in [4.78, 5) is 12.6. The van der Waals surface area contributed by atoms with Gasteiger partial charge in [-0.05, 0) is 44.9 Å². The molecule has 6 heteroatoms. The molecule has 0 aliphatic rings. The monoisotopic (exact) mass is 394 g/mol. The fourth-order valence-corrected chi connectivity index (χ4v) is 3.99. The van der Waals surface area contributed by atoms with Gasteiger partial charge in [0.1, 0.15) is 0 Å². The molecule has 0 fully saturated rings. The second-order valence-electron chi connectivity index (χ2n) is 6.87. The van der Waals surface area contributed by atoms with Gasteiger partial charge in [-0.15, -0.1) is 10.2 Å². The summed E-state index contributed by atoms with van der Waals surface area (Å²) in [7, 11) is 0. The lowest BCUT2D eigenvalue weighted by Crippen LogP contribution is -2.29. The minimum atomic E-state index is -0.228. The smallest absolute Gasteiger partial charge is 0.252 e. The lowest BCUT2D eigenvalue weighted by Gasteiger charge is -2.16. The summed E-state index contributed by atoms with van der Waals surface area (Å²) < 4.78 is 2.07. The van der Waals surface area contributed by atoms with Gasteiger partial charge in [0.05, 0.1) is 6.04 Å². The number of rotatable bonds is 7. The van der Waals surface area contributed by atoms with E-state index < -0.39 is 0 Å². The van der Waals surface area contributed by atoms with Crippen LogP contribution in [0.3, 0.4) is 0 Å². The first-order chi connectivity index (χ1) is 13.5. The molecule has 146 valence electrons. The number of carbonyl (C=O) groups is 1. The van der Waals surface area contributed by atoms with Crippen molar-refractivity contribution in [3.8, 4) is 0 Å². The van der Waals surface area contributed by atoms with E-state index >= 15 is 0 Å². The molecule has 0 radical (unpaired) electrons. The Bertz CT molecular complexity index is 949. The average molecular weight is 395 g/mol. The molecule has 3 rings (SSSR count). The zero-order chi connectivity index (χ0) is 20.1. The Morgan fingerprint density at radius 2 is 1.82 bits per heavy atom. The zero-order valence-electron chi connectivity index (χ0n) is 16.8. The highest BCUT2D eigenvalue weighted by atomic mass is 32.2. The largest absolute Gasteiger partial charge is 0.342 e. The van der Waals surface area contributed by atoms with Crippen molar-refractivity contribution in [1.82, 2.24) is 20.1 Å². The second-order valence-corrected chi connectivity index (χ2v) is 7.81. The summed E-state index contributed by atoms with van der Waals surface area (Å²) in [6.07, 6.45) is 0. The van der Waals surface area contributed by atoms with E-state index in [1.54, 1.807) is 11.8 Å². The van der Waals surface area contributed by atoms with Crippen LogP contribution in [0.15, 0.2) is 53.7 Å². The molecule has 3 aromatic rings. The molecule has 1 heterocycles. The Balaban J connectivity index is 1.70. The molecule has 1 amide bonds. The van der Waals surface area contributed by atoms with Crippen LogP contribution in [0.2, 0.25) is 0 Å². The van der Waals surface area contributed by atoms with Crippen molar-refractivity contribution in [3.63, 3.8) is 0 Å². The van der Waals surface area contributed by atoms with Crippen molar-refractivity contribution in [1.29, 1.82) is 0 Å². The molecule has 0 saturated carbocycles. The number of amides is 1. The molecular formula is C22H26N4OS. The first kappa shape index (κ1) is 20.1. The molecule has 0 aliphatic heterocycles. The third-order valence-corrected chi connectivity index (χ3v) is 5.71. The second kappa shape index (κ2) is 9.06. The molecule has 0 saturated heterocycles. The summed E-state index contributed by atoms with van der Waals surface area (Å²) in [5, 5.41) is 12.6. The van der Waals surface area contributed by atoms with Gasteiger partial charge >= 0.3 is 0 Å². The normalized spacial score (nSPS) is 12.0. The maximum Gasteiger partial charge on any atom is 0.252 e. The SMILES string of the molecule is CCn1c(SCc2ccc(C)cc2)nnc1C(C)NC(=O)c1ccccc1C. The molecule has 0 spiro atoms. The van der Waals surface area contributed by atoms with Crippen LogP contribution in [0.25, 0.3) is 0 Å². The van der Waals surface area contributed by atoms with Crippen LogP contribution in [0.5, 0.6) is 0 Å². The van der Waals surface area contributed by atoms with Crippen molar-refractivity contribution in [2.45, 2.75) is 51.2 Å². The maximum atomic E-state index is 12.6. The van der Waals surface area contributed by atoms with Gasteiger partial charge in [0.25, 0.3) is 5.91 Å². The van der Waals surface area contributed by atoms with E-state index in [2.05, 4.69) is 58.2 Å². The number of benzene rings is 2. The van der Waals surface area contributed by atoms with Crippen LogP contribution < -0.4 is 5.32 Å². The maximum absolute atomic E-state index is 12.6. The number of hydrogen-bond donors (Lipinski definition) is 1. The van der Waals surface area contributed by atoms with Crippen molar-refractivity contribution in [2.75, 3.05) is 0 Å². The van der Waals surface area contributed by atoms with E-state index in [0.29, 0.717) is 5.56 Å².